The lowest BCUT2D eigenvalue weighted by molar-refractivity contribution is -0.384. The molecular formula is C14H22N2O6. The second-order valence-corrected chi connectivity index (χ2v) is 5.01. The Hall–Kier alpha value is -1.74. The van der Waals surface area contributed by atoms with Crippen LogP contribution in [0.5, 0.6) is 0 Å². The molecule has 8 nitrogen and oxygen atoms in total. The number of rotatable bonds is 10. The standard InChI is InChI=1S/C14H22N2O6/c17-7-5-13(19)9-15(10-14(20)6-8-18)11-1-3-12(4-2-11)16(21)22/h1-4,13-14,17-20H,5-10H2. The van der Waals surface area contributed by atoms with Crippen molar-refractivity contribution in [2.24, 2.45) is 0 Å². The summed E-state index contributed by atoms with van der Waals surface area (Å²) in [4.78, 5) is 11.8. The van der Waals surface area contributed by atoms with Crippen LogP contribution in [0.3, 0.4) is 0 Å². The number of benzene rings is 1. The van der Waals surface area contributed by atoms with Crippen LogP contribution in [0.2, 0.25) is 0 Å². The first kappa shape index (κ1) is 18.3. The van der Waals surface area contributed by atoms with Gasteiger partial charge in [-0.25, -0.2) is 0 Å². The van der Waals surface area contributed by atoms with E-state index < -0.39 is 17.1 Å². The Kier molecular flexibility index (Phi) is 7.75. The summed E-state index contributed by atoms with van der Waals surface area (Å²) < 4.78 is 0. The molecule has 8 heteroatoms. The van der Waals surface area contributed by atoms with E-state index in [4.69, 9.17) is 10.2 Å². The number of hydrogen-bond donors (Lipinski definition) is 4. The summed E-state index contributed by atoms with van der Waals surface area (Å²) >= 11 is 0. The van der Waals surface area contributed by atoms with Crippen LogP contribution in [-0.4, -0.2) is 63.9 Å². The number of aliphatic hydroxyl groups excluding tert-OH is 4. The van der Waals surface area contributed by atoms with E-state index in [-0.39, 0.29) is 44.8 Å². The summed E-state index contributed by atoms with van der Waals surface area (Å²) in [6.45, 7) is 0.0185. The average Bonchev–Trinajstić information content (AvgIpc) is 2.47. The lowest BCUT2D eigenvalue weighted by Crippen LogP contribution is -2.38. The summed E-state index contributed by atoms with van der Waals surface area (Å²) in [6.07, 6.45) is -1.19. The molecule has 0 heterocycles. The summed E-state index contributed by atoms with van der Waals surface area (Å²) in [5, 5.41) is 48.0. The molecule has 0 fully saturated rings. The first-order chi connectivity index (χ1) is 10.5. The smallest absolute Gasteiger partial charge is 0.269 e. The summed E-state index contributed by atoms with van der Waals surface area (Å²) in [7, 11) is 0. The van der Waals surface area contributed by atoms with Crippen molar-refractivity contribution >= 4 is 11.4 Å². The van der Waals surface area contributed by atoms with Crippen LogP contribution in [0.1, 0.15) is 12.8 Å². The minimum Gasteiger partial charge on any atom is -0.396 e. The van der Waals surface area contributed by atoms with Crippen molar-refractivity contribution in [1.29, 1.82) is 0 Å². The molecule has 1 rings (SSSR count). The maximum atomic E-state index is 10.7. The highest BCUT2D eigenvalue weighted by Crippen LogP contribution is 2.20. The van der Waals surface area contributed by atoms with Crippen LogP contribution in [0.25, 0.3) is 0 Å². The van der Waals surface area contributed by atoms with Gasteiger partial charge in [0.25, 0.3) is 5.69 Å². The molecular weight excluding hydrogens is 292 g/mol. The van der Waals surface area contributed by atoms with Crippen LogP contribution in [-0.2, 0) is 0 Å². The van der Waals surface area contributed by atoms with Gasteiger partial charge in [0.15, 0.2) is 0 Å². The number of nitro benzene ring substituents is 1. The van der Waals surface area contributed by atoms with E-state index in [0.717, 1.165) is 0 Å². The Bertz CT molecular complexity index is 439. The molecule has 22 heavy (non-hydrogen) atoms. The molecule has 1 aromatic carbocycles. The van der Waals surface area contributed by atoms with E-state index in [2.05, 4.69) is 0 Å². The van der Waals surface area contributed by atoms with Gasteiger partial charge in [-0.3, -0.25) is 10.1 Å². The molecule has 0 saturated heterocycles. The third kappa shape index (κ3) is 5.94. The minimum atomic E-state index is -0.790. The topological polar surface area (TPSA) is 127 Å². The molecule has 4 N–H and O–H groups in total. The summed E-state index contributed by atoms with van der Waals surface area (Å²) in [6, 6.07) is 5.77. The highest BCUT2D eigenvalue weighted by Gasteiger charge is 2.17. The number of aliphatic hydroxyl groups is 4. The molecule has 0 amide bonds. The molecule has 0 aliphatic rings. The maximum Gasteiger partial charge on any atom is 0.269 e. The van der Waals surface area contributed by atoms with Crippen molar-refractivity contribution in [3.05, 3.63) is 34.4 Å². The Morgan fingerprint density at radius 2 is 1.45 bits per heavy atom. The lowest BCUT2D eigenvalue weighted by Gasteiger charge is -2.29. The van der Waals surface area contributed by atoms with Gasteiger partial charge < -0.3 is 25.3 Å². The van der Waals surface area contributed by atoms with E-state index in [1.54, 1.807) is 4.90 Å². The van der Waals surface area contributed by atoms with E-state index in [1.807, 2.05) is 0 Å². The maximum absolute atomic E-state index is 10.7. The molecule has 0 aliphatic heterocycles. The van der Waals surface area contributed by atoms with Gasteiger partial charge in [-0.2, -0.15) is 0 Å². The van der Waals surface area contributed by atoms with Crippen molar-refractivity contribution in [1.82, 2.24) is 0 Å². The van der Waals surface area contributed by atoms with Crippen molar-refractivity contribution in [2.45, 2.75) is 25.0 Å². The zero-order valence-electron chi connectivity index (χ0n) is 12.2. The summed E-state index contributed by atoms with van der Waals surface area (Å²) in [5.74, 6) is 0. The summed E-state index contributed by atoms with van der Waals surface area (Å²) in [5.41, 5.74) is 0.565. The van der Waals surface area contributed by atoms with Gasteiger partial charge in [0.05, 0.1) is 17.1 Å². The van der Waals surface area contributed by atoms with Crippen LogP contribution in [0, 0.1) is 10.1 Å². The third-order valence-corrected chi connectivity index (χ3v) is 3.21. The molecule has 0 spiro atoms. The molecule has 0 radical (unpaired) electrons. The Balaban J connectivity index is 2.84. The fourth-order valence-corrected chi connectivity index (χ4v) is 2.06. The number of nitrogens with zero attached hydrogens (tertiary/aromatic N) is 2. The molecule has 0 aliphatic carbocycles. The van der Waals surface area contributed by atoms with Crippen LogP contribution >= 0.6 is 0 Å². The molecule has 0 saturated carbocycles. The van der Waals surface area contributed by atoms with Gasteiger partial charge >= 0.3 is 0 Å². The first-order valence-electron chi connectivity index (χ1n) is 7.05. The second kappa shape index (κ2) is 9.31. The van der Waals surface area contributed by atoms with Crippen molar-refractivity contribution in [2.75, 3.05) is 31.2 Å². The monoisotopic (exact) mass is 314 g/mol. The third-order valence-electron chi connectivity index (χ3n) is 3.21. The highest BCUT2D eigenvalue weighted by molar-refractivity contribution is 5.51. The van der Waals surface area contributed by atoms with Crippen LogP contribution in [0.15, 0.2) is 24.3 Å². The zero-order valence-corrected chi connectivity index (χ0v) is 12.2. The molecule has 2 atom stereocenters. The zero-order chi connectivity index (χ0) is 16.5. The highest BCUT2D eigenvalue weighted by atomic mass is 16.6. The fourth-order valence-electron chi connectivity index (χ4n) is 2.06. The average molecular weight is 314 g/mol. The van der Waals surface area contributed by atoms with E-state index in [9.17, 15) is 20.3 Å². The quantitative estimate of drug-likeness (QED) is 0.350. The number of nitro groups is 1. The SMILES string of the molecule is O=[N+]([O-])c1ccc(N(CC(O)CCO)CC(O)CCO)cc1. The number of hydrogen-bond acceptors (Lipinski definition) is 7. The fraction of sp³-hybridized carbons (Fsp3) is 0.571. The van der Waals surface area contributed by atoms with E-state index >= 15 is 0 Å². The van der Waals surface area contributed by atoms with Crippen LogP contribution in [0.4, 0.5) is 11.4 Å². The van der Waals surface area contributed by atoms with Crippen molar-refractivity contribution in [3.63, 3.8) is 0 Å². The van der Waals surface area contributed by atoms with E-state index in [0.29, 0.717) is 5.69 Å². The number of non-ortho nitro benzene ring substituents is 1. The minimum absolute atomic E-state index is 0.0458. The predicted octanol–water partition coefficient (Wildman–Crippen LogP) is -0.112. The Labute approximate surface area is 128 Å². The largest absolute Gasteiger partial charge is 0.396 e. The van der Waals surface area contributed by atoms with Crippen LogP contribution < -0.4 is 4.90 Å². The van der Waals surface area contributed by atoms with Gasteiger partial charge in [0, 0.05) is 44.1 Å². The van der Waals surface area contributed by atoms with E-state index in [1.165, 1.54) is 24.3 Å². The lowest BCUT2D eigenvalue weighted by atomic mass is 10.1. The van der Waals surface area contributed by atoms with Gasteiger partial charge in [0.2, 0.25) is 0 Å². The van der Waals surface area contributed by atoms with Crippen molar-refractivity contribution in [3.8, 4) is 0 Å². The van der Waals surface area contributed by atoms with Crippen molar-refractivity contribution < 1.29 is 25.3 Å². The van der Waals surface area contributed by atoms with Gasteiger partial charge in [-0.1, -0.05) is 0 Å². The molecule has 2 unspecified atom stereocenters. The Morgan fingerprint density at radius 3 is 1.82 bits per heavy atom. The Morgan fingerprint density at radius 1 is 1.00 bits per heavy atom. The second-order valence-electron chi connectivity index (χ2n) is 5.01. The molecule has 0 bridgehead atoms. The molecule has 1 aromatic rings. The first-order valence-corrected chi connectivity index (χ1v) is 7.05. The molecule has 0 aromatic heterocycles. The normalized spacial score (nSPS) is 13.6. The van der Waals surface area contributed by atoms with Gasteiger partial charge in [-0.05, 0) is 25.0 Å². The molecule has 124 valence electrons. The predicted molar refractivity (Wildman–Crippen MR) is 80.7 cm³/mol. The van der Waals surface area contributed by atoms with Gasteiger partial charge in [-0.15, -0.1) is 0 Å². The number of anilines is 1. The van der Waals surface area contributed by atoms with Gasteiger partial charge in [0.1, 0.15) is 0 Å².